The van der Waals surface area contributed by atoms with Crippen molar-refractivity contribution in [1.82, 2.24) is 5.32 Å². The molecule has 4 nitrogen and oxygen atoms in total. The molecule has 0 heterocycles. The molecule has 1 aromatic rings. The highest BCUT2D eigenvalue weighted by Crippen LogP contribution is 2.22. The van der Waals surface area contributed by atoms with Crippen molar-refractivity contribution >= 4 is 27.8 Å². The SMILES string of the molecule is CCC[C@H](NC(=O)c1cc(C)c(Br)c(C)c1)C(=O)OC. The van der Waals surface area contributed by atoms with E-state index < -0.39 is 12.0 Å². The predicted octanol–water partition coefficient (Wildman–Crippen LogP) is 3.14. The molecule has 1 amide bonds. The summed E-state index contributed by atoms with van der Waals surface area (Å²) in [6.45, 7) is 5.81. The maximum Gasteiger partial charge on any atom is 0.328 e. The lowest BCUT2D eigenvalue weighted by Gasteiger charge is -2.16. The molecule has 0 aliphatic heterocycles. The van der Waals surface area contributed by atoms with Crippen LogP contribution in [0.2, 0.25) is 0 Å². The lowest BCUT2D eigenvalue weighted by Crippen LogP contribution is -2.41. The predicted molar refractivity (Wildman–Crippen MR) is 81.8 cm³/mol. The summed E-state index contributed by atoms with van der Waals surface area (Å²) in [7, 11) is 1.32. The van der Waals surface area contributed by atoms with Crippen molar-refractivity contribution in [2.45, 2.75) is 39.7 Å². The van der Waals surface area contributed by atoms with Crippen LogP contribution in [0, 0.1) is 13.8 Å². The van der Waals surface area contributed by atoms with E-state index in [0.29, 0.717) is 12.0 Å². The van der Waals surface area contributed by atoms with Crippen molar-refractivity contribution in [3.63, 3.8) is 0 Å². The zero-order valence-electron chi connectivity index (χ0n) is 12.2. The van der Waals surface area contributed by atoms with Crippen LogP contribution in [0.4, 0.5) is 0 Å². The van der Waals surface area contributed by atoms with Gasteiger partial charge in [0.25, 0.3) is 5.91 Å². The summed E-state index contributed by atoms with van der Waals surface area (Å²) >= 11 is 3.47. The number of carbonyl (C=O) groups excluding carboxylic acids is 2. The first-order valence-electron chi connectivity index (χ1n) is 6.56. The third kappa shape index (κ3) is 4.07. The maximum absolute atomic E-state index is 12.2. The molecule has 1 N–H and O–H groups in total. The van der Waals surface area contributed by atoms with E-state index in [4.69, 9.17) is 4.74 Å². The summed E-state index contributed by atoms with van der Waals surface area (Å²) in [6.07, 6.45) is 1.35. The first kappa shape index (κ1) is 16.7. The molecule has 0 aromatic heterocycles. The zero-order valence-corrected chi connectivity index (χ0v) is 13.8. The van der Waals surface area contributed by atoms with Crippen LogP contribution >= 0.6 is 15.9 Å². The molecule has 1 rings (SSSR count). The maximum atomic E-state index is 12.2. The number of rotatable bonds is 5. The highest BCUT2D eigenvalue weighted by atomic mass is 79.9. The molecular formula is C15H20BrNO3. The Morgan fingerprint density at radius 2 is 1.85 bits per heavy atom. The second-order valence-electron chi connectivity index (χ2n) is 4.76. The van der Waals surface area contributed by atoms with Gasteiger partial charge in [-0.05, 0) is 43.5 Å². The smallest absolute Gasteiger partial charge is 0.328 e. The Labute approximate surface area is 128 Å². The Morgan fingerprint density at radius 3 is 2.30 bits per heavy atom. The highest BCUT2D eigenvalue weighted by molar-refractivity contribution is 9.10. The summed E-state index contributed by atoms with van der Waals surface area (Å²) in [5.41, 5.74) is 2.52. The number of amides is 1. The fraction of sp³-hybridized carbons (Fsp3) is 0.467. The average Bonchev–Trinajstić information content (AvgIpc) is 2.42. The number of hydrogen-bond donors (Lipinski definition) is 1. The molecule has 0 aliphatic rings. The largest absolute Gasteiger partial charge is 0.467 e. The molecule has 0 unspecified atom stereocenters. The summed E-state index contributed by atoms with van der Waals surface area (Å²) < 4.78 is 5.70. The fourth-order valence-corrected chi connectivity index (χ4v) is 2.23. The van der Waals surface area contributed by atoms with Gasteiger partial charge < -0.3 is 10.1 Å². The van der Waals surface area contributed by atoms with Crippen molar-refractivity contribution in [3.05, 3.63) is 33.3 Å². The van der Waals surface area contributed by atoms with E-state index in [1.165, 1.54) is 7.11 Å². The monoisotopic (exact) mass is 341 g/mol. The van der Waals surface area contributed by atoms with Crippen molar-refractivity contribution < 1.29 is 14.3 Å². The lowest BCUT2D eigenvalue weighted by molar-refractivity contribution is -0.143. The van der Waals surface area contributed by atoms with Crippen molar-refractivity contribution in [2.75, 3.05) is 7.11 Å². The van der Waals surface area contributed by atoms with Crippen LogP contribution in [0.15, 0.2) is 16.6 Å². The first-order chi connectivity index (χ1) is 9.40. The molecule has 1 atom stereocenters. The number of nitrogens with one attached hydrogen (secondary N) is 1. The van der Waals surface area contributed by atoms with Crippen LogP contribution in [-0.2, 0) is 9.53 Å². The summed E-state index contributed by atoms with van der Waals surface area (Å²) in [4.78, 5) is 23.8. The molecule has 0 bridgehead atoms. The van der Waals surface area contributed by atoms with Crippen LogP contribution < -0.4 is 5.32 Å². The molecule has 5 heteroatoms. The molecule has 0 aliphatic carbocycles. The topological polar surface area (TPSA) is 55.4 Å². The van der Waals surface area contributed by atoms with Gasteiger partial charge in [0, 0.05) is 10.0 Å². The van der Waals surface area contributed by atoms with Gasteiger partial charge in [0.15, 0.2) is 0 Å². The number of esters is 1. The minimum Gasteiger partial charge on any atom is -0.467 e. The molecule has 20 heavy (non-hydrogen) atoms. The molecule has 1 aromatic carbocycles. The molecule has 0 radical (unpaired) electrons. The number of carbonyl (C=O) groups is 2. The van der Waals surface area contributed by atoms with Crippen LogP contribution in [0.5, 0.6) is 0 Å². The van der Waals surface area contributed by atoms with Crippen LogP contribution in [0.3, 0.4) is 0 Å². The average molecular weight is 342 g/mol. The number of ether oxygens (including phenoxy) is 1. The van der Waals surface area contributed by atoms with E-state index in [-0.39, 0.29) is 5.91 Å². The zero-order chi connectivity index (χ0) is 15.3. The van der Waals surface area contributed by atoms with Gasteiger partial charge in [-0.15, -0.1) is 0 Å². The van der Waals surface area contributed by atoms with Gasteiger partial charge in [0.05, 0.1) is 7.11 Å². The summed E-state index contributed by atoms with van der Waals surface area (Å²) in [5.74, 6) is -0.668. The van der Waals surface area contributed by atoms with E-state index in [0.717, 1.165) is 22.0 Å². The van der Waals surface area contributed by atoms with Crippen molar-refractivity contribution in [1.29, 1.82) is 0 Å². The minimum atomic E-state index is -0.596. The fourth-order valence-electron chi connectivity index (χ4n) is 2.00. The molecule has 0 saturated heterocycles. The Kier molecular flexibility index (Phi) is 6.20. The first-order valence-corrected chi connectivity index (χ1v) is 7.35. The minimum absolute atomic E-state index is 0.257. The number of aryl methyl sites for hydroxylation is 2. The van der Waals surface area contributed by atoms with Crippen molar-refractivity contribution in [3.8, 4) is 0 Å². The third-order valence-electron chi connectivity index (χ3n) is 3.07. The molecular weight excluding hydrogens is 322 g/mol. The highest BCUT2D eigenvalue weighted by Gasteiger charge is 2.21. The van der Waals surface area contributed by atoms with E-state index >= 15 is 0 Å². The second kappa shape index (κ2) is 7.43. The Bertz CT molecular complexity index is 491. The Balaban J connectivity index is 2.91. The van der Waals surface area contributed by atoms with Gasteiger partial charge in [0.1, 0.15) is 6.04 Å². The molecule has 0 spiro atoms. The summed E-state index contributed by atoms with van der Waals surface area (Å²) in [5, 5.41) is 2.73. The lowest BCUT2D eigenvalue weighted by atomic mass is 10.1. The summed E-state index contributed by atoms with van der Waals surface area (Å²) in [6, 6.07) is 3.00. The molecule has 0 fully saturated rings. The van der Waals surface area contributed by atoms with Gasteiger partial charge in [-0.2, -0.15) is 0 Å². The quantitative estimate of drug-likeness (QED) is 0.837. The number of hydrogen-bond acceptors (Lipinski definition) is 3. The Morgan fingerprint density at radius 1 is 1.30 bits per heavy atom. The van der Waals surface area contributed by atoms with E-state index in [2.05, 4.69) is 21.2 Å². The van der Waals surface area contributed by atoms with Gasteiger partial charge in [-0.25, -0.2) is 4.79 Å². The van der Waals surface area contributed by atoms with Crippen LogP contribution in [0.25, 0.3) is 0 Å². The van der Waals surface area contributed by atoms with Gasteiger partial charge in [0.2, 0.25) is 0 Å². The third-order valence-corrected chi connectivity index (χ3v) is 4.32. The van der Waals surface area contributed by atoms with Crippen molar-refractivity contribution in [2.24, 2.45) is 0 Å². The van der Waals surface area contributed by atoms with Gasteiger partial charge >= 0.3 is 5.97 Å². The van der Waals surface area contributed by atoms with Gasteiger partial charge in [-0.1, -0.05) is 29.3 Å². The van der Waals surface area contributed by atoms with Crippen LogP contribution in [0.1, 0.15) is 41.3 Å². The Hall–Kier alpha value is -1.36. The number of halogens is 1. The second-order valence-corrected chi connectivity index (χ2v) is 5.55. The normalized spacial score (nSPS) is 11.8. The van der Waals surface area contributed by atoms with Crippen LogP contribution in [-0.4, -0.2) is 25.0 Å². The number of benzene rings is 1. The standard InChI is InChI=1S/C15H20BrNO3/c1-5-6-12(15(19)20-4)17-14(18)11-7-9(2)13(16)10(3)8-11/h7-8,12H,5-6H2,1-4H3,(H,17,18)/t12-/m0/s1. The number of methoxy groups -OCH3 is 1. The van der Waals surface area contributed by atoms with E-state index in [1.807, 2.05) is 20.8 Å². The van der Waals surface area contributed by atoms with E-state index in [1.54, 1.807) is 12.1 Å². The molecule has 110 valence electrons. The van der Waals surface area contributed by atoms with Gasteiger partial charge in [-0.3, -0.25) is 4.79 Å². The van der Waals surface area contributed by atoms with E-state index in [9.17, 15) is 9.59 Å². The molecule has 0 saturated carbocycles.